The maximum atomic E-state index is 15.0. The molecular weight excluding hydrogens is 566 g/mol. The SMILES string of the molecule is CC[C@@]1(O)C(=O)OCc2c1cc1n(c2=O)Cc2c-1nc1cc(F)c(C)c3c1c2[C@@H](NC(=O)OCC(O)C(F)(F)F)CC3. The van der Waals surface area contributed by atoms with E-state index in [2.05, 4.69) is 15.0 Å². The Morgan fingerprint density at radius 1 is 1.29 bits per heavy atom. The van der Waals surface area contributed by atoms with Crippen molar-refractivity contribution in [1.82, 2.24) is 14.9 Å². The molecule has 0 fully saturated rings. The first-order chi connectivity index (χ1) is 19.8. The molecule has 2 aliphatic heterocycles. The van der Waals surface area contributed by atoms with Gasteiger partial charge in [0.2, 0.25) is 0 Å². The summed E-state index contributed by atoms with van der Waals surface area (Å²) >= 11 is 0. The lowest BCUT2D eigenvalue weighted by molar-refractivity contribution is -0.212. The van der Waals surface area contributed by atoms with Gasteiger partial charge in [-0.1, -0.05) is 6.92 Å². The Hall–Kier alpha value is -4.04. The minimum absolute atomic E-state index is 0.0105. The average molecular weight is 592 g/mol. The molecule has 14 heteroatoms. The van der Waals surface area contributed by atoms with Crippen LogP contribution in [0.2, 0.25) is 0 Å². The molecule has 0 bridgehead atoms. The number of alkyl halides is 3. The van der Waals surface area contributed by atoms with Gasteiger partial charge in [0.1, 0.15) is 19.0 Å². The third kappa shape index (κ3) is 4.07. The number of fused-ring (bicyclic) bond motifs is 5. The summed E-state index contributed by atoms with van der Waals surface area (Å²) in [5.74, 6) is -1.39. The zero-order valence-electron chi connectivity index (χ0n) is 22.4. The highest BCUT2D eigenvalue weighted by Gasteiger charge is 2.46. The molecule has 0 radical (unpaired) electrons. The van der Waals surface area contributed by atoms with Gasteiger partial charge in [-0.25, -0.2) is 19.0 Å². The Morgan fingerprint density at radius 3 is 2.71 bits per heavy atom. The van der Waals surface area contributed by atoms with Crippen molar-refractivity contribution in [2.75, 3.05) is 6.61 Å². The van der Waals surface area contributed by atoms with Crippen LogP contribution in [-0.2, 0) is 39.4 Å². The van der Waals surface area contributed by atoms with Gasteiger partial charge in [0.25, 0.3) is 5.56 Å². The van der Waals surface area contributed by atoms with E-state index in [9.17, 15) is 42.2 Å². The van der Waals surface area contributed by atoms with E-state index >= 15 is 0 Å². The molecule has 10 nitrogen and oxygen atoms in total. The summed E-state index contributed by atoms with van der Waals surface area (Å²) in [7, 11) is 0. The van der Waals surface area contributed by atoms with Gasteiger partial charge < -0.3 is 29.6 Å². The lowest BCUT2D eigenvalue weighted by Gasteiger charge is -2.31. The number of aliphatic hydroxyl groups excluding tert-OH is 1. The van der Waals surface area contributed by atoms with Gasteiger partial charge in [0.05, 0.1) is 35.1 Å². The molecule has 0 saturated heterocycles. The van der Waals surface area contributed by atoms with Crippen molar-refractivity contribution in [3.8, 4) is 11.4 Å². The summed E-state index contributed by atoms with van der Waals surface area (Å²) in [5, 5.41) is 23.4. The summed E-state index contributed by atoms with van der Waals surface area (Å²) in [6.07, 6.45) is -8.54. The molecule has 4 heterocycles. The Labute approximate surface area is 234 Å². The second-order valence-electron chi connectivity index (χ2n) is 10.7. The Balaban J connectivity index is 1.49. The number of aromatic nitrogens is 2. The number of carbonyl (C=O) groups is 2. The number of nitrogens with one attached hydrogen (secondary N) is 1. The van der Waals surface area contributed by atoms with Crippen LogP contribution >= 0.6 is 0 Å². The minimum atomic E-state index is -4.97. The predicted octanol–water partition coefficient (Wildman–Crippen LogP) is 3.16. The van der Waals surface area contributed by atoms with E-state index in [-0.39, 0.29) is 54.0 Å². The quantitative estimate of drug-likeness (QED) is 0.243. The topological polar surface area (TPSA) is 140 Å². The van der Waals surface area contributed by atoms with Gasteiger partial charge in [0.15, 0.2) is 11.7 Å². The standard InChI is InChI=1S/C28H25F4N3O7/c1-3-27(40)15-6-19-23-13(8-35(19)24(37)14(15)9-41-25(27)38)22-17(34-26(39)42-10-20(36)28(30,31)32)5-4-12-11(2)16(29)7-18(33-23)21(12)22/h6-7,17,20,36,40H,3-5,8-10H2,1-2H3,(H,34,39)/t17-,20?,27-/m0/s1. The fourth-order valence-electron chi connectivity index (χ4n) is 6.13. The van der Waals surface area contributed by atoms with Crippen LogP contribution in [0.1, 0.15) is 59.2 Å². The number of nitrogens with zero attached hydrogens (tertiary/aromatic N) is 2. The lowest BCUT2D eigenvalue weighted by atomic mass is 9.81. The highest BCUT2D eigenvalue weighted by Crippen LogP contribution is 2.46. The third-order valence-corrected chi connectivity index (χ3v) is 8.42. The van der Waals surface area contributed by atoms with Crippen LogP contribution in [0.15, 0.2) is 16.9 Å². The normalized spacial score (nSPS) is 21.3. The zero-order valence-corrected chi connectivity index (χ0v) is 22.4. The van der Waals surface area contributed by atoms with E-state index in [1.54, 1.807) is 13.8 Å². The van der Waals surface area contributed by atoms with Crippen molar-refractivity contribution in [3.05, 3.63) is 61.7 Å². The van der Waals surface area contributed by atoms with Crippen molar-refractivity contribution in [2.24, 2.45) is 0 Å². The first-order valence-corrected chi connectivity index (χ1v) is 13.3. The average Bonchev–Trinajstić information content (AvgIpc) is 3.31. The fraction of sp³-hybridized carbons (Fsp3) is 0.429. The molecule has 6 rings (SSSR count). The fourth-order valence-corrected chi connectivity index (χ4v) is 6.13. The molecule has 1 unspecified atom stereocenters. The van der Waals surface area contributed by atoms with E-state index in [0.717, 1.165) is 0 Å². The van der Waals surface area contributed by atoms with Crippen molar-refractivity contribution in [1.29, 1.82) is 0 Å². The van der Waals surface area contributed by atoms with Crippen molar-refractivity contribution in [3.63, 3.8) is 0 Å². The third-order valence-electron chi connectivity index (χ3n) is 8.42. The number of amides is 1. The number of halogens is 4. The van der Waals surface area contributed by atoms with Crippen LogP contribution < -0.4 is 10.9 Å². The maximum Gasteiger partial charge on any atom is 0.417 e. The summed E-state index contributed by atoms with van der Waals surface area (Å²) in [6.45, 7) is 1.53. The van der Waals surface area contributed by atoms with Crippen molar-refractivity contribution >= 4 is 23.0 Å². The number of hydrogen-bond acceptors (Lipinski definition) is 8. The molecular formula is C28H25F4N3O7. The summed E-state index contributed by atoms with van der Waals surface area (Å²) < 4.78 is 64.2. The first-order valence-electron chi connectivity index (χ1n) is 13.3. The van der Waals surface area contributed by atoms with Crippen LogP contribution in [0.25, 0.3) is 22.3 Å². The number of esters is 1. The molecule has 0 spiro atoms. The number of aliphatic hydroxyl groups is 2. The second-order valence-corrected chi connectivity index (χ2v) is 10.7. The Bertz CT molecular complexity index is 1750. The van der Waals surface area contributed by atoms with Gasteiger partial charge in [0, 0.05) is 22.6 Å². The molecule has 3 atom stereocenters. The number of aryl methyl sites for hydroxylation is 1. The number of ether oxygens (including phenoxy) is 2. The number of alkyl carbamates (subject to hydrolysis) is 1. The van der Waals surface area contributed by atoms with E-state index in [1.807, 2.05) is 0 Å². The maximum absolute atomic E-state index is 15.0. The monoisotopic (exact) mass is 591 g/mol. The van der Waals surface area contributed by atoms with E-state index in [1.165, 1.54) is 16.7 Å². The molecule has 1 aromatic carbocycles. The van der Waals surface area contributed by atoms with Gasteiger partial charge in [-0.2, -0.15) is 13.2 Å². The molecule has 3 N–H and O–H groups in total. The predicted molar refractivity (Wildman–Crippen MR) is 137 cm³/mol. The molecule has 3 aromatic rings. The molecule has 222 valence electrons. The zero-order chi connectivity index (χ0) is 30.3. The highest BCUT2D eigenvalue weighted by atomic mass is 19.4. The summed E-state index contributed by atoms with van der Waals surface area (Å²) in [6, 6.07) is 1.92. The molecule has 3 aliphatic rings. The van der Waals surface area contributed by atoms with Crippen LogP contribution in [-0.4, -0.2) is 50.7 Å². The van der Waals surface area contributed by atoms with E-state index in [4.69, 9.17) is 4.74 Å². The van der Waals surface area contributed by atoms with E-state index < -0.39 is 54.0 Å². The number of rotatable bonds is 4. The molecule has 2 aromatic heterocycles. The summed E-state index contributed by atoms with van der Waals surface area (Å²) in [5.41, 5.74) is 0.473. The molecule has 42 heavy (non-hydrogen) atoms. The van der Waals surface area contributed by atoms with Crippen molar-refractivity contribution in [2.45, 2.75) is 70.2 Å². The van der Waals surface area contributed by atoms with Crippen LogP contribution in [0, 0.1) is 12.7 Å². The lowest BCUT2D eigenvalue weighted by Crippen LogP contribution is -2.44. The number of pyridine rings is 2. The van der Waals surface area contributed by atoms with Gasteiger partial charge in [-0.15, -0.1) is 0 Å². The van der Waals surface area contributed by atoms with Crippen LogP contribution in [0.3, 0.4) is 0 Å². The van der Waals surface area contributed by atoms with Crippen molar-refractivity contribution < 1.29 is 46.8 Å². The van der Waals surface area contributed by atoms with Gasteiger partial charge in [-0.3, -0.25) is 4.79 Å². The van der Waals surface area contributed by atoms with Crippen LogP contribution in [0.4, 0.5) is 22.4 Å². The molecule has 1 aliphatic carbocycles. The number of carbonyl (C=O) groups excluding carboxylic acids is 2. The number of hydrogen-bond donors (Lipinski definition) is 3. The number of benzene rings is 1. The Kier molecular flexibility index (Phi) is 6.35. The van der Waals surface area contributed by atoms with E-state index in [0.29, 0.717) is 34.1 Å². The second kappa shape index (κ2) is 9.49. The smallest absolute Gasteiger partial charge is 0.417 e. The summed E-state index contributed by atoms with van der Waals surface area (Å²) in [4.78, 5) is 43.4. The largest absolute Gasteiger partial charge is 0.458 e. The Morgan fingerprint density at radius 2 is 2.02 bits per heavy atom. The minimum Gasteiger partial charge on any atom is -0.458 e. The van der Waals surface area contributed by atoms with Gasteiger partial charge in [-0.05, 0) is 48.9 Å². The number of cyclic esters (lactones) is 1. The molecule has 1 amide bonds. The molecule has 0 saturated carbocycles. The highest BCUT2D eigenvalue weighted by molar-refractivity contribution is 5.93. The van der Waals surface area contributed by atoms with Crippen LogP contribution in [0.5, 0.6) is 0 Å². The van der Waals surface area contributed by atoms with Gasteiger partial charge >= 0.3 is 18.2 Å². The first kappa shape index (κ1) is 28.1.